The summed E-state index contributed by atoms with van der Waals surface area (Å²) in [4.78, 5) is 7.53. The third-order valence-electron chi connectivity index (χ3n) is 5.41. The number of aromatic amines is 1. The van der Waals surface area contributed by atoms with Gasteiger partial charge in [0.1, 0.15) is 6.07 Å². The van der Waals surface area contributed by atoms with Gasteiger partial charge in [-0.25, -0.2) is 0 Å². The Labute approximate surface area is 180 Å². The highest BCUT2D eigenvalue weighted by Crippen LogP contribution is 2.35. The van der Waals surface area contributed by atoms with Crippen LogP contribution in [0, 0.1) is 18.3 Å². The predicted molar refractivity (Wildman–Crippen MR) is 126 cm³/mol. The van der Waals surface area contributed by atoms with Gasteiger partial charge < -0.3 is 10.3 Å². The molecule has 5 aromatic rings. The first-order valence-corrected chi connectivity index (χ1v) is 10.1. The minimum absolute atomic E-state index is 0.507. The fourth-order valence-electron chi connectivity index (χ4n) is 3.87. The lowest BCUT2D eigenvalue weighted by atomic mass is 9.97. The van der Waals surface area contributed by atoms with Crippen LogP contribution in [-0.4, -0.2) is 9.97 Å². The van der Waals surface area contributed by atoms with E-state index in [1.165, 1.54) is 11.1 Å². The number of aromatic nitrogens is 2. The molecule has 31 heavy (non-hydrogen) atoms. The molecule has 2 aromatic heterocycles. The van der Waals surface area contributed by atoms with E-state index in [0.29, 0.717) is 5.56 Å². The average Bonchev–Trinajstić information content (AvgIpc) is 3.27. The van der Waals surface area contributed by atoms with Crippen molar-refractivity contribution < 1.29 is 0 Å². The van der Waals surface area contributed by atoms with Gasteiger partial charge >= 0.3 is 0 Å². The standard InChI is InChI=1S/C27H20N4/c1-18-4-2-5-19(12-18)20-6-3-7-21(13-20)25-17-29-16-23(15-28)27(25)31-24-8-9-26-22(14-24)10-11-30-26/h2-14,16-17,30H,1H3,(H,29,31). The number of hydrogen-bond acceptors (Lipinski definition) is 3. The summed E-state index contributed by atoms with van der Waals surface area (Å²) < 4.78 is 0. The maximum atomic E-state index is 9.73. The van der Waals surface area contributed by atoms with Crippen LogP contribution in [0.1, 0.15) is 11.1 Å². The van der Waals surface area contributed by atoms with Crippen molar-refractivity contribution in [1.29, 1.82) is 5.26 Å². The van der Waals surface area contributed by atoms with E-state index in [9.17, 15) is 5.26 Å². The van der Waals surface area contributed by atoms with Gasteiger partial charge in [0.15, 0.2) is 0 Å². The molecule has 0 atom stereocenters. The van der Waals surface area contributed by atoms with Crippen molar-refractivity contribution in [2.45, 2.75) is 6.92 Å². The first kappa shape index (κ1) is 18.7. The Morgan fingerprint density at radius 3 is 2.52 bits per heavy atom. The molecule has 0 saturated heterocycles. The number of aryl methyl sites for hydroxylation is 1. The molecule has 0 amide bonds. The predicted octanol–water partition coefficient (Wildman–Crippen LogP) is 6.82. The second-order valence-corrected chi connectivity index (χ2v) is 7.58. The van der Waals surface area contributed by atoms with E-state index in [-0.39, 0.29) is 0 Å². The number of anilines is 2. The molecule has 0 radical (unpaired) electrons. The number of nitrogens with zero attached hydrogens (tertiary/aromatic N) is 2. The number of H-pyrrole nitrogens is 1. The summed E-state index contributed by atoms with van der Waals surface area (Å²) in [6.07, 6.45) is 5.34. The van der Waals surface area contributed by atoms with Crippen molar-refractivity contribution in [1.82, 2.24) is 9.97 Å². The van der Waals surface area contributed by atoms with Gasteiger partial charge in [0.2, 0.25) is 0 Å². The Kier molecular flexibility index (Phi) is 4.70. The third kappa shape index (κ3) is 3.65. The zero-order chi connectivity index (χ0) is 21.2. The van der Waals surface area contributed by atoms with Crippen LogP contribution in [0.3, 0.4) is 0 Å². The zero-order valence-electron chi connectivity index (χ0n) is 17.1. The second kappa shape index (κ2) is 7.81. The van der Waals surface area contributed by atoms with Crippen LogP contribution in [0.15, 0.2) is 91.4 Å². The van der Waals surface area contributed by atoms with Gasteiger partial charge in [-0.3, -0.25) is 4.98 Å². The first-order chi connectivity index (χ1) is 15.2. The van der Waals surface area contributed by atoms with Gasteiger partial charge in [-0.2, -0.15) is 5.26 Å². The molecule has 2 heterocycles. The van der Waals surface area contributed by atoms with Crippen molar-refractivity contribution >= 4 is 22.3 Å². The van der Waals surface area contributed by atoms with Crippen LogP contribution >= 0.6 is 0 Å². The lowest BCUT2D eigenvalue weighted by Crippen LogP contribution is -1.98. The number of pyridine rings is 1. The quantitative estimate of drug-likeness (QED) is 0.348. The molecule has 0 spiro atoms. The van der Waals surface area contributed by atoms with Crippen LogP contribution in [0.25, 0.3) is 33.2 Å². The number of hydrogen-bond donors (Lipinski definition) is 2. The molecule has 0 aliphatic carbocycles. The van der Waals surface area contributed by atoms with Crippen molar-refractivity contribution in [3.8, 4) is 28.3 Å². The number of rotatable bonds is 4. The molecule has 4 nitrogen and oxygen atoms in total. The monoisotopic (exact) mass is 400 g/mol. The first-order valence-electron chi connectivity index (χ1n) is 10.1. The summed E-state index contributed by atoms with van der Waals surface area (Å²) in [5.74, 6) is 0. The molecule has 0 aliphatic rings. The van der Waals surface area contributed by atoms with E-state index < -0.39 is 0 Å². The van der Waals surface area contributed by atoms with E-state index in [1.807, 2.05) is 36.7 Å². The normalized spacial score (nSPS) is 10.7. The number of nitriles is 1. The van der Waals surface area contributed by atoms with Crippen LogP contribution in [0.5, 0.6) is 0 Å². The van der Waals surface area contributed by atoms with Crippen LogP contribution in [-0.2, 0) is 0 Å². The largest absolute Gasteiger partial charge is 0.361 e. The Balaban J connectivity index is 1.60. The lowest BCUT2D eigenvalue weighted by Gasteiger charge is -2.15. The van der Waals surface area contributed by atoms with Crippen molar-refractivity contribution in [3.63, 3.8) is 0 Å². The van der Waals surface area contributed by atoms with Crippen LogP contribution in [0.4, 0.5) is 11.4 Å². The zero-order valence-corrected chi connectivity index (χ0v) is 17.1. The van der Waals surface area contributed by atoms with Crippen molar-refractivity contribution in [2.24, 2.45) is 0 Å². The molecule has 148 valence electrons. The van der Waals surface area contributed by atoms with Gasteiger partial charge in [0, 0.05) is 40.7 Å². The Bertz CT molecular complexity index is 1440. The molecule has 2 N–H and O–H groups in total. The Hall–Kier alpha value is -4.36. The summed E-state index contributed by atoms with van der Waals surface area (Å²) in [5, 5.41) is 14.3. The van der Waals surface area contributed by atoms with Gasteiger partial charge in [-0.05, 0) is 53.9 Å². The minimum atomic E-state index is 0.507. The summed E-state index contributed by atoms with van der Waals surface area (Å²) in [6.45, 7) is 2.09. The molecule has 0 bridgehead atoms. The SMILES string of the molecule is Cc1cccc(-c2cccc(-c3cncc(C#N)c3Nc3ccc4[nH]ccc4c3)c2)c1. The summed E-state index contributed by atoms with van der Waals surface area (Å²) in [5.41, 5.74) is 8.68. The van der Waals surface area contributed by atoms with E-state index in [2.05, 4.69) is 76.8 Å². The fourth-order valence-corrected chi connectivity index (χ4v) is 3.87. The minimum Gasteiger partial charge on any atom is -0.361 e. The topological polar surface area (TPSA) is 64.5 Å². The molecule has 3 aromatic carbocycles. The maximum absolute atomic E-state index is 9.73. The van der Waals surface area contributed by atoms with Crippen molar-refractivity contribution in [3.05, 3.63) is 103 Å². The van der Waals surface area contributed by atoms with E-state index >= 15 is 0 Å². The van der Waals surface area contributed by atoms with Crippen LogP contribution < -0.4 is 5.32 Å². The molecule has 0 unspecified atom stereocenters. The highest BCUT2D eigenvalue weighted by Gasteiger charge is 2.13. The maximum Gasteiger partial charge on any atom is 0.103 e. The van der Waals surface area contributed by atoms with Gasteiger partial charge in [-0.1, -0.05) is 48.0 Å². The fraction of sp³-hybridized carbons (Fsp3) is 0.0370. The van der Waals surface area contributed by atoms with E-state index in [0.717, 1.165) is 39.0 Å². The summed E-state index contributed by atoms with van der Waals surface area (Å²) >= 11 is 0. The molecule has 5 rings (SSSR count). The number of nitrogens with one attached hydrogen (secondary N) is 2. The molecular formula is C27H20N4. The lowest BCUT2D eigenvalue weighted by molar-refractivity contribution is 1.30. The van der Waals surface area contributed by atoms with Crippen LogP contribution in [0.2, 0.25) is 0 Å². The highest BCUT2D eigenvalue weighted by molar-refractivity contribution is 5.89. The van der Waals surface area contributed by atoms with Crippen molar-refractivity contribution in [2.75, 3.05) is 5.32 Å². The van der Waals surface area contributed by atoms with Gasteiger partial charge in [0.05, 0.1) is 11.3 Å². The second-order valence-electron chi connectivity index (χ2n) is 7.58. The summed E-state index contributed by atoms with van der Waals surface area (Å²) in [7, 11) is 0. The highest BCUT2D eigenvalue weighted by atomic mass is 14.9. The Morgan fingerprint density at radius 1 is 0.871 bits per heavy atom. The van der Waals surface area contributed by atoms with Gasteiger partial charge in [0.25, 0.3) is 0 Å². The molecular weight excluding hydrogens is 380 g/mol. The Morgan fingerprint density at radius 2 is 1.68 bits per heavy atom. The van der Waals surface area contributed by atoms with Gasteiger partial charge in [-0.15, -0.1) is 0 Å². The number of benzene rings is 3. The molecule has 4 heteroatoms. The molecule has 0 aliphatic heterocycles. The smallest absolute Gasteiger partial charge is 0.103 e. The third-order valence-corrected chi connectivity index (χ3v) is 5.41. The molecule has 0 saturated carbocycles. The van der Waals surface area contributed by atoms with E-state index in [4.69, 9.17) is 0 Å². The average molecular weight is 400 g/mol. The summed E-state index contributed by atoms with van der Waals surface area (Å²) in [6, 6.07) is 27.2. The van der Waals surface area contributed by atoms with E-state index in [1.54, 1.807) is 6.20 Å². The molecule has 0 fully saturated rings. The number of fused-ring (bicyclic) bond motifs is 1.